The molecule has 0 fully saturated rings. The van der Waals surface area contributed by atoms with Crippen LogP contribution in [0.2, 0.25) is 19.6 Å². The Hall–Kier alpha value is -7.02. The fourth-order valence-corrected chi connectivity index (χ4v) is 11.3. The van der Waals surface area contributed by atoms with Crippen LogP contribution in [-0.4, -0.2) is 27.6 Å². The first-order valence-corrected chi connectivity index (χ1v) is 28.5. The average Bonchev–Trinajstić information content (AvgIpc) is 3.96. The molecule has 73 heavy (non-hydrogen) atoms. The van der Waals surface area contributed by atoms with Crippen LogP contribution in [0.4, 0.5) is 0 Å². The smallest absolute Gasteiger partial charge is 0.216 e. The second kappa shape index (κ2) is 21.2. The number of fused-ring (bicyclic) bond motifs is 4. The second-order valence-corrected chi connectivity index (χ2v) is 26.0. The Bertz CT molecular complexity index is 3670. The van der Waals surface area contributed by atoms with E-state index in [4.69, 9.17) is 19.4 Å². The number of hydrogen-bond acceptors (Lipinski definition) is 4. The van der Waals surface area contributed by atoms with E-state index in [1.54, 1.807) is 0 Å². The standard InChI is InChI=1S/C42H34N3O.C24H28NSi.Ir/c1-27-22-23-32-31-18-13-19-33(39(31)46-41(32)43-27)40-44-37-20-11-12-21-38(37)45(40)26-36-34(28-14-7-5-8-15-28)24-30(42(2,3)4)25-35(36)29-16-9-6-10-17-29;1-18(20-12-8-6-9-13-20)19(2)22-16-23(21-14-10-7-11-15-21)25-17-24(22)26(3,4)5;/h5-18,20-25H,26H2,1-4H3;6-14,16-19H,1-5H3;/q2*-1;/i;19D;. The largest absolute Gasteiger partial charge is 0.486 e. The maximum absolute atomic E-state index is 9.37. The molecule has 4 heterocycles. The molecule has 0 saturated carbocycles. The molecule has 7 aromatic carbocycles. The molecule has 5 nitrogen and oxygen atoms in total. The summed E-state index contributed by atoms with van der Waals surface area (Å²) < 4.78 is 18.2. The maximum Gasteiger partial charge on any atom is 0.216 e. The number of imidazole rings is 1. The third-order valence-electron chi connectivity index (χ3n) is 14.0. The molecule has 367 valence electrons. The van der Waals surface area contributed by atoms with Gasteiger partial charge < -0.3 is 14.0 Å². The van der Waals surface area contributed by atoms with Gasteiger partial charge in [0.05, 0.1) is 30.5 Å². The van der Waals surface area contributed by atoms with Gasteiger partial charge in [-0.3, -0.25) is 4.98 Å². The zero-order chi connectivity index (χ0) is 51.1. The van der Waals surface area contributed by atoms with Crippen molar-refractivity contribution in [1.82, 2.24) is 19.5 Å². The van der Waals surface area contributed by atoms with E-state index in [9.17, 15) is 1.37 Å². The minimum Gasteiger partial charge on any atom is -0.486 e. The number of para-hydroxylation sites is 2. The van der Waals surface area contributed by atoms with Crippen LogP contribution in [0.15, 0.2) is 193 Å². The molecule has 1 radical (unpaired) electrons. The molecular weight excluding hydrogens is 1090 g/mol. The first-order chi connectivity index (χ1) is 35.1. The van der Waals surface area contributed by atoms with Gasteiger partial charge in [-0.2, -0.15) is 0 Å². The van der Waals surface area contributed by atoms with Crippen LogP contribution >= 0.6 is 0 Å². The van der Waals surface area contributed by atoms with Crippen LogP contribution in [0.1, 0.15) is 75.7 Å². The Morgan fingerprint density at radius 3 is 1.95 bits per heavy atom. The Morgan fingerprint density at radius 2 is 1.32 bits per heavy atom. The number of aromatic nitrogens is 4. The minimum absolute atomic E-state index is 0. The Labute approximate surface area is 447 Å². The van der Waals surface area contributed by atoms with E-state index >= 15 is 0 Å². The van der Waals surface area contributed by atoms with Crippen LogP contribution in [0, 0.1) is 19.1 Å². The van der Waals surface area contributed by atoms with Crippen molar-refractivity contribution < 1.29 is 25.9 Å². The second-order valence-electron chi connectivity index (χ2n) is 21.0. The molecule has 0 spiro atoms. The average molecular weight is 1150 g/mol. The molecule has 11 aromatic rings. The molecule has 0 aliphatic heterocycles. The number of nitrogens with zero attached hydrogens (tertiary/aromatic N) is 4. The molecule has 2 atom stereocenters. The third-order valence-corrected chi connectivity index (χ3v) is 16.0. The van der Waals surface area contributed by atoms with Crippen LogP contribution in [0.25, 0.3) is 78.0 Å². The predicted octanol–water partition coefficient (Wildman–Crippen LogP) is 16.8. The number of hydrogen-bond donors (Lipinski definition) is 0. The molecule has 0 aliphatic carbocycles. The van der Waals surface area contributed by atoms with Crippen LogP contribution < -0.4 is 5.19 Å². The van der Waals surface area contributed by atoms with E-state index in [0.29, 0.717) is 12.3 Å². The van der Waals surface area contributed by atoms with Crippen molar-refractivity contribution in [1.29, 1.82) is 0 Å². The fraction of sp³-hybridized carbons (Fsp3) is 0.197. The van der Waals surface area contributed by atoms with E-state index in [1.165, 1.54) is 44.1 Å². The molecule has 2 unspecified atom stereocenters. The minimum atomic E-state index is -1.65. The van der Waals surface area contributed by atoms with Crippen molar-refractivity contribution in [3.63, 3.8) is 0 Å². The van der Waals surface area contributed by atoms with Gasteiger partial charge in [0.1, 0.15) is 0 Å². The third kappa shape index (κ3) is 10.6. The first kappa shape index (κ1) is 49.6. The summed E-state index contributed by atoms with van der Waals surface area (Å²) >= 11 is 0. The molecule has 0 saturated heterocycles. The zero-order valence-corrected chi connectivity index (χ0v) is 46.6. The van der Waals surface area contributed by atoms with E-state index in [-0.39, 0.29) is 31.4 Å². The fourth-order valence-electron chi connectivity index (χ4n) is 9.80. The topological polar surface area (TPSA) is 56.7 Å². The van der Waals surface area contributed by atoms with Crippen LogP contribution in [-0.2, 0) is 32.1 Å². The number of aryl methyl sites for hydroxylation is 1. The van der Waals surface area contributed by atoms with E-state index < -0.39 is 14.0 Å². The van der Waals surface area contributed by atoms with Gasteiger partial charge in [0.2, 0.25) is 5.71 Å². The number of pyridine rings is 2. The van der Waals surface area contributed by atoms with Gasteiger partial charge in [0.15, 0.2) is 0 Å². The van der Waals surface area contributed by atoms with Crippen molar-refractivity contribution >= 4 is 46.4 Å². The Morgan fingerprint density at radius 1 is 0.685 bits per heavy atom. The molecule has 0 amide bonds. The van der Waals surface area contributed by atoms with E-state index in [2.05, 4.69) is 197 Å². The van der Waals surface area contributed by atoms with Crippen molar-refractivity contribution in [3.8, 4) is 44.9 Å². The molecule has 7 heteroatoms. The molecule has 4 aromatic heterocycles. The summed E-state index contributed by atoms with van der Waals surface area (Å²) in [4.78, 5) is 14.7. The van der Waals surface area contributed by atoms with Gasteiger partial charge in [0, 0.05) is 45.3 Å². The number of furan rings is 1. The van der Waals surface area contributed by atoms with Gasteiger partial charge in [-0.05, 0) is 98.2 Å². The van der Waals surface area contributed by atoms with Gasteiger partial charge in [-0.1, -0.05) is 192 Å². The summed E-state index contributed by atoms with van der Waals surface area (Å²) in [6.45, 7) is 20.6. The van der Waals surface area contributed by atoms with Gasteiger partial charge in [-0.15, -0.1) is 54.1 Å². The molecule has 0 aliphatic rings. The van der Waals surface area contributed by atoms with Crippen molar-refractivity contribution in [2.24, 2.45) is 0 Å². The van der Waals surface area contributed by atoms with Gasteiger partial charge in [0.25, 0.3) is 0 Å². The first-order valence-electron chi connectivity index (χ1n) is 25.5. The van der Waals surface area contributed by atoms with Crippen LogP contribution in [0.3, 0.4) is 0 Å². The Kier molecular flexibility index (Phi) is 14.4. The monoisotopic (exact) mass is 1150 g/mol. The van der Waals surface area contributed by atoms with Crippen molar-refractivity contribution in [2.75, 3.05) is 0 Å². The van der Waals surface area contributed by atoms with Gasteiger partial charge >= 0.3 is 0 Å². The number of benzene rings is 7. The molecular formula is C66H62IrN4OSi-2. The molecule has 11 rings (SSSR count). The maximum atomic E-state index is 9.37. The van der Waals surface area contributed by atoms with E-state index in [0.717, 1.165) is 61.3 Å². The summed E-state index contributed by atoms with van der Waals surface area (Å²) in [7, 11) is -1.65. The normalized spacial score (nSPS) is 13.2. The summed E-state index contributed by atoms with van der Waals surface area (Å²) in [5.74, 6) is 0.146. The quantitative estimate of drug-likeness (QED) is 0.101. The number of rotatable bonds is 10. The summed E-state index contributed by atoms with van der Waals surface area (Å²) in [5, 5.41) is 3.27. The Balaban J connectivity index is 0.000000206. The van der Waals surface area contributed by atoms with Crippen molar-refractivity contribution in [3.05, 3.63) is 228 Å². The molecule has 0 N–H and O–H groups in total. The van der Waals surface area contributed by atoms with E-state index in [1.807, 2.05) is 68.6 Å². The summed E-state index contributed by atoms with van der Waals surface area (Å²) in [6, 6.07) is 70.0. The SMILES string of the molecule is Cc1ccc2c(n1)oc1c(-c3nc4ccccc4n3Cc3c(-c4ccccc4)cc(C(C)(C)C)cc3-c3ccccc3)[c-]ccc12.[2H]C(C)(c1cc(-c2[c-]cccc2)ncc1[Si](C)(C)C)C(C)c1ccccc1.[Ir]. The van der Waals surface area contributed by atoms with Crippen molar-refractivity contribution in [2.45, 2.75) is 85.0 Å². The van der Waals surface area contributed by atoms with Gasteiger partial charge in [-0.25, -0.2) is 4.98 Å². The summed E-state index contributed by atoms with van der Waals surface area (Å²) in [5.41, 5.74) is 16.6. The van der Waals surface area contributed by atoms with Crippen LogP contribution in [0.5, 0.6) is 0 Å². The molecule has 0 bridgehead atoms. The predicted molar refractivity (Wildman–Crippen MR) is 304 cm³/mol. The summed E-state index contributed by atoms with van der Waals surface area (Å²) in [6.07, 6.45) is 2.02. The zero-order valence-electron chi connectivity index (χ0n) is 44.2.